The maximum Gasteiger partial charge on any atom is 0.322 e. The molecule has 0 aromatic carbocycles. The van der Waals surface area contributed by atoms with E-state index in [1.807, 2.05) is 0 Å². The van der Waals surface area contributed by atoms with Gasteiger partial charge in [-0.25, -0.2) is 0 Å². The SMILES string of the molecule is CC/C=C\C/C=C\C/C=C\C/C=C\C/C=C\C/C=C\CCCCC(=O)OC(CCCC)CCCCCC(=O)NCC(=O)O. The zero-order chi connectivity index (χ0) is 31.6. The van der Waals surface area contributed by atoms with Crippen molar-refractivity contribution in [3.05, 3.63) is 72.9 Å². The van der Waals surface area contributed by atoms with Gasteiger partial charge in [-0.15, -0.1) is 0 Å². The summed E-state index contributed by atoms with van der Waals surface area (Å²) in [4.78, 5) is 34.4. The van der Waals surface area contributed by atoms with E-state index in [0.29, 0.717) is 19.3 Å². The van der Waals surface area contributed by atoms with E-state index in [-0.39, 0.29) is 24.5 Å². The van der Waals surface area contributed by atoms with E-state index in [1.165, 1.54) is 0 Å². The van der Waals surface area contributed by atoms with Gasteiger partial charge in [0.2, 0.25) is 5.91 Å². The Hall–Kier alpha value is -3.15. The molecule has 1 atom stereocenters. The zero-order valence-corrected chi connectivity index (χ0v) is 27.0. The molecule has 0 aromatic heterocycles. The molecule has 1 unspecified atom stereocenters. The average molecular weight is 598 g/mol. The molecule has 0 aliphatic rings. The van der Waals surface area contributed by atoms with Crippen LogP contribution in [-0.4, -0.2) is 35.6 Å². The Morgan fingerprint density at radius 3 is 1.67 bits per heavy atom. The van der Waals surface area contributed by atoms with Gasteiger partial charge >= 0.3 is 11.9 Å². The highest BCUT2D eigenvalue weighted by atomic mass is 16.5. The molecule has 242 valence electrons. The fourth-order valence-electron chi connectivity index (χ4n) is 4.21. The van der Waals surface area contributed by atoms with Crippen molar-refractivity contribution >= 4 is 17.8 Å². The first-order chi connectivity index (χ1) is 21.0. The van der Waals surface area contributed by atoms with E-state index >= 15 is 0 Å². The van der Waals surface area contributed by atoms with Crippen LogP contribution in [0, 0.1) is 0 Å². The number of allylic oxidation sites excluding steroid dienone is 12. The number of hydrogen-bond donors (Lipinski definition) is 2. The van der Waals surface area contributed by atoms with Crippen molar-refractivity contribution in [1.82, 2.24) is 5.32 Å². The van der Waals surface area contributed by atoms with Gasteiger partial charge in [0.1, 0.15) is 12.6 Å². The lowest BCUT2D eigenvalue weighted by molar-refractivity contribution is -0.150. The molecule has 1 amide bonds. The van der Waals surface area contributed by atoms with Crippen molar-refractivity contribution in [1.29, 1.82) is 0 Å². The largest absolute Gasteiger partial charge is 0.480 e. The van der Waals surface area contributed by atoms with E-state index < -0.39 is 5.97 Å². The van der Waals surface area contributed by atoms with Crippen molar-refractivity contribution < 1.29 is 24.2 Å². The van der Waals surface area contributed by atoms with Gasteiger partial charge in [-0.1, -0.05) is 106 Å². The third kappa shape index (κ3) is 31.6. The van der Waals surface area contributed by atoms with Gasteiger partial charge in [0.05, 0.1) is 0 Å². The topological polar surface area (TPSA) is 92.7 Å². The first-order valence-electron chi connectivity index (χ1n) is 16.6. The van der Waals surface area contributed by atoms with Gasteiger partial charge in [0, 0.05) is 12.8 Å². The van der Waals surface area contributed by atoms with Gasteiger partial charge in [0.25, 0.3) is 0 Å². The van der Waals surface area contributed by atoms with Crippen LogP contribution >= 0.6 is 0 Å². The Morgan fingerprint density at radius 1 is 0.628 bits per heavy atom. The highest BCUT2D eigenvalue weighted by molar-refractivity contribution is 5.80. The van der Waals surface area contributed by atoms with Crippen molar-refractivity contribution in [2.45, 2.75) is 136 Å². The molecule has 0 spiro atoms. The second-order valence-electron chi connectivity index (χ2n) is 10.7. The number of hydrogen-bond acceptors (Lipinski definition) is 4. The Bertz CT molecular complexity index is 881. The monoisotopic (exact) mass is 597 g/mol. The highest BCUT2D eigenvalue weighted by Crippen LogP contribution is 2.16. The van der Waals surface area contributed by atoms with Gasteiger partial charge in [-0.05, 0) is 83.5 Å². The second-order valence-corrected chi connectivity index (χ2v) is 10.7. The summed E-state index contributed by atoms with van der Waals surface area (Å²) in [5, 5.41) is 11.0. The van der Waals surface area contributed by atoms with Crippen LogP contribution in [0.4, 0.5) is 0 Å². The molecule has 0 aromatic rings. The van der Waals surface area contributed by atoms with Crippen molar-refractivity contribution in [3.8, 4) is 0 Å². The first kappa shape index (κ1) is 39.8. The maximum atomic E-state index is 12.4. The Balaban J connectivity index is 3.88. The number of rotatable bonds is 28. The summed E-state index contributed by atoms with van der Waals surface area (Å²) in [6.45, 7) is 3.94. The van der Waals surface area contributed by atoms with Gasteiger partial charge in [-0.3, -0.25) is 14.4 Å². The number of carboxylic acids is 1. The molecule has 0 fully saturated rings. The minimum Gasteiger partial charge on any atom is -0.480 e. The summed E-state index contributed by atoms with van der Waals surface area (Å²) in [7, 11) is 0. The lowest BCUT2D eigenvalue weighted by Crippen LogP contribution is -2.28. The van der Waals surface area contributed by atoms with Gasteiger partial charge < -0.3 is 15.2 Å². The fraction of sp³-hybridized carbons (Fsp3) is 0.595. The molecule has 6 heteroatoms. The lowest BCUT2D eigenvalue weighted by atomic mass is 10.0. The van der Waals surface area contributed by atoms with Crippen molar-refractivity contribution in [2.75, 3.05) is 6.54 Å². The van der Waals surface area contributed by atoms with E-state index in [2.05, 4.69) is 92.1 Å². The zero-order valence-electron chi connectivity index (χ0n) is 27.0. The normalized spacial score (nSPS) is 13.0. The number of amides is 1. The van der Waals surface area contributed by atoms with Crippen LogP contribution in [0.2, 0.25) is 0 Å². The summed E-state index contributed by atoms with van der Waals surface area (Å²) >= 11 is 0. The van der Waals surface area contributed by atoms with Crippen LogP contribution in [0.3, 0.4) is 0 Å². The molecule has 43 heavy (non-hydrogen) atoms. The number of esters is 1. The van der Waals surface area contributed by atoms with E-state index in [0.717, 1.165) is 96.3 Å². The first-order valence-corrected chi connectivity index (χ1v) is 16.6. The Morgan fingerprint density at radius 2 is 1.14 bits per heavy atom. The molecule has 0 radical (unpaired) electrons. The van der Waals surface area contributed by atoms with Crippen LogP contribution < -0.4 is 5.32 Å². The Kier molecular flexibility index (Phi) is 29.5. The summed E-state index contributed by atoms with van der Waals surface area (Å²) in [6.07, 6.45) is 42.1. The minimum absolute atomic E-state index is 0.0587. The minimum atomic E-state index is -1.04. The molecule has 0 saturated heterocycles. The van der Waals surface area contributed by atoms with Crippen molar-refractivity contribution in [3.63, 3.8) is 0 Å². The molecule has 2 N–H and O–H groups in total. The van der Waals surface area contributed by atoms with E-state index in [4.69, 9.17) is 9.84 Å². The molecule has 0 rings (SSSR count). The van der Waals surface area contributed by atoms with Crippen LogP contribution in [0.5, 0.6) is 0 Å². The lowest BCUT2D eigenvalue weighted by Gasteiger charge is -2.18. The van der Waals surface area contributed by atoms with Crippen LogP contribution in [0.1, 0.15) is 129 Å². The molecular formula is C37H59NO5. The smallest absolute Gasteiger partial charge is 0.322 e. The second kappa shape index (κ2) is 31.8. The number of unbranched alkanes of at least 4 members (excludes halogenated alkanes) is 5. The Labute approximate surface area is 262 Å². The van der Waals surface area contributed by atoms with Crippen LogP contribution in [-0.2, 0) is 19.1 Å². The third-order valence-corrected chi connectivity index (χ3v) is 6.64. The number of carboxylic acid groups (broad SMARTS) is 1. The van der Waals surface area contributed by atoms with E-state index in [9.17, 15) is 14.4 Å². The summed E-state index contributed by atoms with van der Waals surface area (Å²) < 4.78 is 5.76. The number of aliphatic carboxylic acids is 1. The summed E-state index contributed by atoms with van der Waals surface area (Å²) in [5.41, 5.74) is 0. The molecule has 0 bridgehead atoms. The summed E-state index contributed by atoms with van der Waals surface area (Å²) in [6, 6.07) is 0. The van der Waals surface area contributed by atoms with Gasteiger partial charge in [-0.2, -0.15) is 0 Å². The van der Waals surface area contributed by atoms with Gasteiger partial charge in [0.15, 0.2) is 0 Å². The molecular weight excluding hydrogens is 538 g/mol. The quantitative estimate of drug-likeness (QED) is 0.0532. The molecule has 0 aliphatic heterocycles. The standard InChI is InChI=1S/C37H59NO5/c1-3-5-7-8-9-10-11-12-13-14-15-16-17-18-19-20-21-22-23-24-28-32-37(42)43-34(29-6-4-2)30-26-25-27-31-35(39)38-33-36(40)41/h5,7,9-10,12-13,15-16,18-19,21-22,34H,3-4,6,8,11,14,17,20,23-33H2,1-2H3,(H,38,39)(H,40,41)/b7-5-,10-9-,13-12-,16-15-,19-18-,22-21-. The fourth-order valence-corrected chi connectivity index (χ4v) is 4.21. The molecule has 6 nitrogen and oxygen atoms in total. The molecule has 0 aliphatic carbocycles. The summed E-state index contributed by atoms with van der Waals surface area (Å²) in [5.74, 6) is -1.39. The number of ether oxygens (including phenoxy) is 1. The third-order valence-electron chi connectivity index (χ3n) is 6.64. The average Bonchev–Trinajstić information content (AvgIpc) is 2.99. The van der Waals surface area contributed by atoms with Crippen LogP contribution in [0.15, 0.2) is 72.9 Å². The predicted molar refractivity (Wildman–Crippen MR) is 180 cm³/mol. The number of carbonyl (C=O) groups excluding carboxylic acids is 2. The van der Waals surface area contributed by atoms with E-state index in [1.54, 1.807) is 0 Å². The molecule has 0 heterocycles. The van der Waals surface area contributed by atoms with Crippen LogP contribution in [0.25, 0.3) is 0 Å². The maximum absolute atomic E-state index is 12.4. The molecule has 0 saturated carbocycles. The predicted octanol–water partition coefficient (Wildman–Crippen LogP) is 9.50. The number of carbonyl (C=O) groups is 3. The highest BCUT2D eigenvalue weighted by Gasteiger charge is 2.14. The number of nitrogens with one attached hydrogen (secondary N) is 1. The van der Waals surface area contributed by atoms with Crippen molar-refractivity contribution in [2.24, 2.45) is 0 Å².